The number of hydrogen-bond donors (Lipinski definition) is 0. The number of ether oxygens (including phenoxy) is 2. The van der Waals surface area contributed by atoms with Gasteiger partial charge in [0.1, 0.15) is 6.61 Å². The summed E-state index contributed by atoms with van der Waals surface area (Å²) < 4.78 is 33.0. The number of nitrogens with zero attached hydrogens (tertiary/aromatic N) is 1. The van der Waals surface area contributed by atoms with E-state index < -0.39 is 35.4 Å². The van der Waals surface area contributed by atoms with Gasteiger partial charge in [-0.25, -0.2) is 13.6 Å². The standard InChI is InChI=1S/C10H9F2NO5/c1-17-10(14)6-2-3-7(13(15)16)8(4-6)18-5-9(11)12/h2-4,9H,5H2,1H3. The molecule has 1 aromatic rings. The molecule has 6 nitrogen and oxygen atoms in total. The smallest absolute Gasteiger partial charge is 0.337 e. The highest BCUT2D eigenvalue weighted by Gasteiger charge is 2.19. The van der Waals surface area contributed by atoms with Gasteiger partial charge in [0.25, 0.3) is 6.43 Å². The van der Waals surface area contributed by atoms with Gasteiger partial charge in [0.15, 0.2) is 5.75 Å². The second-order valence-electron chi connectivity index (χ2n) is 3.13. The fourth-order valence-corrected chi connectivity index (χ4v) is 1.18. The molecule has 0 radical (unpaired) electrons. The molecule has 8 heteroatoms. The molecule has 98 valence electrons. The third-order valence-electron chi connectivity index (χ3n) is 1.94. The van der Waals surface area contributed by atoms with E-state index in [9.17, 15) is 23.7 Å². The zero-order valence-corrected chi connectivity index (χ0v) is 9.26. The van der Waals surface area contributed by atoms with Gasteiger partial charge in [-0.2, -0.15) is 0 Å². The van der Waals surface area contributed by atoms with Crippen LogP contribution in [0.1, 0.15) is 10.4 Å². The first kappa shape index (κ1) is 13.8. The molecule has 0 unspecified atom stereocenters. The molecule has 0 amide bonds. The predicted octanol–water partition coefficient (Wildman–Crippen LogP) is 2.03. The molecular weight excluding hydrogens is 252 g/mol. The van der Waals surface area contributed by atoms with Gasteiger partial charge >= 0.3 is 11.7 Å². The second-order valence-corrected chi connectivity index (χ2v) is 3.13. The first-order valence-electron chi connectivity index (χ1n) is 4.73. The van der Waals surface area contributed by atoms with Gasteiger partial charge in [0, 0.05) is 12.1 Å². The largest absolute Gasteiger partial charge is 0.481 e. The number of hydrogen-bond acceptors (Lipinski definition) is 5. The lowest BCUT2D eigenvalue weighted by Gasteiger charge is -2.07. The number of rotatable bonds is 5. The van der Waals surface area contributed by atoms with E-state index in [4.69, 9.17) is 0 Å². The third kappa shape index (κ3) is 3.37. The molecule has 0 N–H and O–H groups in total. The van der Waals surface area contributed by atoms with Gasteiger partial charge in [-0.15, -0.1) is 0 Å². The van der Waals surface area contributed by atoms with Crippen LogP contribution in [-0.4, -0.2) is 31.0 Å². The van der Waals surface area contributed by atoms with Gasteiger partial charge in [-0.05, 0) is 6.07 Å². The van der Waals surface area contributed by atoms with Crippen molar-refractivity contribution in [3.05, 3.63) is 33.9 Å². The summed E-state index contributed by atoms with van der Waals surface area (Å²) in [5.74, 6) is -1.14. The van der Waals surface area contributed by atoms with Gasteiger partial charge < -0.3 is 9.47 Å². The molecule has 0 aromatic heterocycles. The van der Waals surface area contributed by atoms with Crippen molar-refractivity contribution >= 4 is 11.7 Å². The molecule has 0 aliphatic heterocycles. The Morgan fingerprint density at radius 1 is 1.50 bits per heavy atom. The average molecular weight is 261 g/mol. The van der Waals surface area contributed by atoms with Crippen molar-refractivity contribution in [3.8, 4) is 5.75 Å². The Hall–Kier alpha value is -2.25. The zero-order valence-electron chi connectivity index (χ0n) is 9.26. The van der Waals surface area contributed by atoms with Crippen molar-refractivity contribution in [2.75, 3.05) is 13.7 Å². The Bertz CT molecular complexity index is 464. The van der Waals surface area contributed by atoms with Crippen LogP contribution >= 0.6 is 0 Å². The molecule has 0 aliphatic carbocycles. The van der Waals surface area contributed by atoms with Crippen LogP contribution in [0.15, 0.2) is 18.2 Å². The fraction of sp³-hybridized carbons (Fsp3) is 0.300. The zero-order chi connectivity index (χ0) is 13.7. The fourth-order valence-electron chi connectivity index (χ4n) is 1.18. The average Bonchev–Trinajstić information content (AvgIpc) is 2.34. The van der Waals surface area contributed by atoms with Crippen LogP contribution in [0.3, 0.4) is 0 Å². The van der Waals surface area contributed by atoms with Crippen LogP contribution in [0.5, 0.6) is 5.75 Å². The van der Waals surface area contributed by atoms with E-state index in [2.05, 4.69) is 9.47 Å². The lowest BCUT2D eigenvalue weighted by atomic mass is 10.2. The molecule has 18 heavy (non-hydrogen) atoms. The number of esters is 1. The van der Waals surface area contributed by atoms with Crippen LogP contribution in [0.25, 0.3) is 0 Å². The summed E-state index contributed by atoms with van der Waals surface area (Å²) in [4.78, 5) is 21.0. The molecule has 0 saturated heterocycles. The first-order valence-corrected chi connectivity index (χ1v) is 4.73. The number of nitro benzene ring substituents is 1. The minimum atomic E-state index is -2.77. The summed E-state index contributed by atoms with van der Waals surface area (Å²) in [7, 11) is 1.13. The first-order chi connectivity index (χ1) is 8.45. The Morgan fingerprint density at radius 3 is 2.67 bits per heavy atom. The number of carbonyl (C=O) groups excluding carboxylic acids is 1. The van der Waals surface area contributed by atoms with Gasteiger partial charge in [-0.3, -0.25) is 10.1 Å². The van der Waals surface area contributed by atoms with Crippen molar-refractivity contribution in [2.45, 2.75) is 6.43 Å². The SMILES string of the molecule is COC(=O)c1ccc([N+](=O)[O-])c(OCC(F)F)c1. The van der Waals surface area contributed by atoms with Crippen molar-refractivity contribution < 1.29 is 28.0 Å². The van der Waals surface area contributed by atoms with Crippen LogP contribution in [-0.2, 0) is 4.74 Å². The minimum Gasteiger partial charge on any atom is -0.481 e. The summed E-state index contributed by atoms with van der Waals surface area (Å²) in [6.45, 7) is -0.995. The normalized spacial score (nSPS) is 10.2. The Morgan fingerprint density at radius 2 is 2.17 bits per heavy atom. The van der Waals surface area contributed by atoms with E-state index in [0.717, 1.165) is 25.3 Å². The summed E-state index contributed by atoms with van der Waals surface area (Å²) in [5.41, 5.74) is -0.518. The van der Waals surface area contributed by atoms with Crippen LogP contribution in [0.4, 0.5) is 14.5 Å². The monoisotopic (exact) mass is 261 g/mol. The lowest BCUT2D eigenvalue weighted by Crippen LogP contribution is -2.09. The summed E-state index contributed by atoms with van der Waals surface area (Å²) in [6, 6.07) is 3.14. The number of alkyl halides is 2. The third-order valence-corrected chi connectivity index (χ3v) is 1.94. The topological polar surface area (TPSA) is 78.7 Å². The highest BCUT2D eigenvalue weighted by atomic mass is 19.3. The summed E-state index contributed by atoms with van der Waals surface area (Å²) in [6.07, 6.45) is -2.77. The Kier molecular flexibility index (Phi) is 4.52. The van der Waals surface area contributed by atoms with E-state index in [1.807, 2.05) is 0 Å². The van der Waals surface area contributed by atoms with Crippen molar-refractivity contribution in [3.63, 3.8) is 0 Å². The van der Waals surface area contributed by atoms with E-state index in [1.54, 1.807) is 0 Å². The Balaban J connectivity index is 3.07. The minimum absolute atomic E-state index is 0.0210. The Labute approximate surface area is 100 Å². The molecule has 0 atom stereocenters. The highest BCUT2D eigenvalue weighted by Crippen LogP contribution is 2.28. The van der Waals surface area contributed by atoms with E-state index in [-0.39, 0.29) is 5.56 Å². The number of nitro groups is 1. The van der Waals surface area contributed by atoms with E-state index >= 15 is 0 Å². The number of carbonyl (C=O) groups is 1. The van der Waals surface area contributed by atoms with Gasteiger partial charge in [0.05, 0.1) is 17.6 Å². The van der Waals surface area contributed by atoms with Gasteiger partial charge in [-0.1, -0.05) is 0 Å². The molecule has 0 spiro atoms. The van der Waals surface area contributed by atoms with Crippen molar-refractivity contribution in [1.82, 2.24) is 0 Å². The maximum absolute atomic E-state index is 12.0. The molecule has 0 aliphatic rings. The van der Waals surface area contributed by atoms with Crippen molar-refractivity contribution in [1.29, 1.82) is 0 Å². The number of methoxy groups -OCH3 is 1. The maximum atomic E-state index is 12.0. The molecule has 0 heterocycles. The van der Waals surface area contributed by atoms with Gasteiger partial charge in [0.2, 0.25) is 0 Å². The van der Waals surface area contributed by atoms with E-state index in [1.165, 1.54) is 0 Å². The van der Waals surface area contributed by atoms with Crippen LogP contribution in [0, 0.1) is 10.1 Å². The number of halogens is 2. The summed E-state index contributed by atoms with van der Waals surface area (Å²) >= 11 is 0. The van der Waals surface area contributed by atoms with Crippen LogP contribution in [0.2, 0.25) is 0 Å². The predicted molar refractivity (Wildman–Crippen MR) is 55.9 cm³/mol. The molecule has 1 aromatic carbocycles. The van der Waals surface area contributed by atoms with Crippen LogP contribution < -0.4 is 4.74 Å². The molecule has 1 rings (SSSR count). The molecule has 0 fully saturated rings. The van der Waals surface area contributed by atoms with Crippen molar-refractivity contribution in [2.24, 2.45) is 0 Å². The molecule has 0 bridgehead atoms. The molecule has 0 saturated carbocycles. The summed E-state index contributed by atoms with van der Waals surface area (Å²) in [5, 5.41) is 10.6. The lowest BCUT2D eigenvalue weighted by molar-refractivity contribution is -0.385. The second kappa shape index (κ2) is 5.89. The van der Waals surface area contributed by atoms with E-state index in [0.29, 0.717) is 0 Å². The quantitative estimate of drug-likeness (QED) is 0.460. The maximum Gasteiger partial charge on any atom is 0.337 e. The molecular formula is C10H9F2NO5. The highest BCUT2D eigenvalue weighted by molar-refractivity contribution is 5.90. The number of benzene rings is 1.